The van der Waals surface area contributed by atoms with Gasteiger partial charge in [0.2, 0.25) is 0 Å². The van der Waals surface area contributed by atoms with Gasteiger partial charge in [0, 0.05) is 57.6 Å². The van der Waals surface area contributed by atoms with Crippen LogP contribution < -0.4 is 15.0 Å². The highest BCUT2D eigenvalue weighted by molar-refractivity contribution is 5.75. The molecule has 30 heavy (non-hydrogen) atoms. The third kappa shape index (κ3) is 5.93. The number of carbonyl (C=O) groups excluding carboxylic acids is 2. The number of ether oxygens (including phenoxy) is 2. The molecule has 8 nitrogen and oxygen atoms in total. The number of carbonyl (C=O) groups is 2. The van der Waals surface area contributed by atoms with Gasteiger partial charge < -0.3 is 29.5 Å². The molecule has 0 spiro atoms. The zero-order valence-corrected chi connectivity index (χ0v) is 18.5. The number of amides is 3. The lowest BCUT2D eigenvalue weighted by Crippen LogP contribution is -2.54. The second-order valence-corrected chi connectivity index (χ2v) is 8.94. The van der Waals surface area contributed by atoms with Crippen LogP contribution in [0.15, 0.2) is 24.3 Å². The van der Waals surface area contributed by atoms with E-state index >= 15 is 0 Å². The first kappa shape index (κ1) is 22.1. The molecule has 3 rings (SSSR count). The van der Waals surface area contributed by atoms with Crippen LogP contribution in [0.5, 0.6) is 5.75 Å². The van der Waals surface area contributed by atoms with Crippen molar-refractivity contribution in [1.29, 1.82) is 0 Å². The SMILES string of the molecule is COc1cccc(N2CCC(CNC(=O)N3CCN(C(=O)OC(C)(C)C)CC3)C2)c1. The molecule has 8 heteroatoms. The van der Waals surface area contributed by atoms with Gasteiger partial charge in [-0.15, -0.1) is 0 Å². The number of rotatable bonds is 4. The molecule has 2 aliphatic rings. The maximum Gasteiger partial charge on any atom is 0.410 e. The van der Waals surface area contributed by atoms with Crippen molar-refractivity contribution in [2.45, 2.75) is 32.8 Å². The molecule has 1 unspecified atom stereocenters. The summed E-state index contributed by atoms with van der Waals surface area (Å²) in [5.74, 6) is 1.28. The molecular formula is C22H34N4O4. The Bertz CT molecular complexity index is 741. The van der Waals surface area contributed by atoms with Gasteiger partial charge in [0.05, 0.1) is 7.11 Å². The van der Waals surface area contributed by atoms with Crippen molar-refractivity contribution in [3.05, 3.63) is 24.3 Å². The Morgan fingerprint density at radius 3 is 2.47 bits per heavy atom. The minimum Gasteiger partial charge on any atom is -0.497 e. The summed E-state index contributed by atoms with van der Waals surface area (Å²) in [6.07, 6.45) is 0.732. The van der Waals surface area contributed by atoms with Crippen molar-refractivity contribution in [2.75, 3.05) is 57.8 Å². The third-order valence-corrected chi connectivity index (χ3v) is 5.46. The summed E-state index contributed by atoms with van der Waals surface area (Å²) in [4.78, 5) is 30.5. The lowest BCUT2D eigenvalue weighted by atomic mass is 10.1. The van der Waals surface area contributed by atoms with Crippen LogP contribution in [0.3, 0.4) is 0 Å². The minimum absolute atomic E-state index is 0.0568. The molecule has 0 radical (unpaired) electrons. The molecule has 1 N–H and O–H groups in total. The van der Waals surface area contributed by atoms with Crippen LogP contribution in [0.25, 0.3) is 0 Å². The molecule has 1 aromatic carbocycles. The van der Waals surface area contributed by atoms with Crippen molar-refractivity contribution in [1.82, 2.24) is 15.1 Å². The fourth-order valence-corrected chi connectivity index (χ4v) is 3.80. The van der Waals surface area contributed by atoms with E-state index in [0.717, 1.165) is 30.9 Å². The first-order valence-corrected chi connectivity index (χ1v) is 10.6. The van der Waals surface area contributed by atoms with Gasteiger partial charge in [-0.25, -0.2) is 9.59 Å². The number of urea groups is 1. The number of benzene rings is 1. The number of anilines is 1. The quantitative estimate of drug-likeness (QED) is 0.814. The molecule has 0 aliphatic carbocycles. The summed E-state index contributed by atoms with van der Waals surface area (Å²) in [7, 11) is 1.68. The monoisotopic (exact) mass is 418 g/mol. The fraction of sp³-hybridized carbons (Fsp3) is 0.636. The molecule has 1 aromatic rings. The summed E-state index contributed by atoms with van der Waals surface area (Å²) >= 11 is 0. The van der Waals surface area contributed by atoms with E-state index in [-0.39, 0.29) is 12.1 Å². The topological polar surface area (TPSA) is 74.4 Å². The number of hydrogen-bond donors (Lipinski definition) is 1. The largest absolute Gasteiger partial charge is 0.497 e. The molecule has 0 bridgehead atoms. The van der Waals surface area contributed by atoms with Crippen LogP contribution in [-0.4, -0.2) is 80.4 Å². The van der Waals surface area contributed by atoms with Crippen LogP contribution in [0.1, 0.15) is 27.2 Å². The maximum atomic E-state index is 12.5. The maximum absolute atomic E-state index is 12.5. The summed E-state index contributed by atoms with van der Waals surface area (Å²) in [6.45, 7) is 10.1. The van der Waals surface area contributed by atoms with Crippen LogP contribution in [-0.2, 0) is 4.74 Å². The average Bonchev–Trinajstić information content (AvgIpc) is 3.20. The predicted octanol–water partition coefficient (Wildman–Crippen LogP) is 2.78. The van der Waals surface area contributed by atoms with Crippen molar-refractivity contribution in [3.8, 4) is 5.75 Å². The van der Waals surface area contributed by atoms with E-state index in [2.05, 4.69) is 16.3 Å². The second-order valence-electron chi connectivity index (χ2n) is 8.94. The van der Waals surface area contributed by atoms with Gasteiger partial charge in [0.15, 0.2) is 0 Å². The summed E-state index contributed by atoms with van der Waals surface area (Å²) in [6, 6.07) is 8.03. The molecule has 2 heterocycles. The minimum atomic E-state index is -0.508. The standard InChI is InChI=1S/C22H34N4O4/c1-22(2,3)30-21(28)25-12-10-24(11-13-25)20(27)23-15-17-8-9-26(16-17)18-6-5-7-19(14-18)29-4/h5-7,14,17H,8-13,15-16H2,1-4H3,(H,23,27). The van der Waals surface area contributed by atoms with E-state index in [1.165, 1.54) is 0 Å². The summed E-state index contributed by atoms with van der Waals surface area (Å²) < 4.78 is 10.7. The molecular weight excluding hydrogens is 384 g/mol. The van der Waals surface area contributed by atoms with Gasteiger partial charge in [0.1, 0.15) is 11.4 Å². The Hall–Kier alpha value is -2.64. The molecule has 166 valence electrons. The van der Waals surface area contributed by atoms with Crippen LogP contribution in [0.2, 0.25) is 0 Å². The molecule has 1 atom stereocenters. The van der Waals surface area contributed by atoms with E-state index in [0.29, 0.717) is 38.6 Å². The van der Waals surface area contributed by atoms with Gasteiger partial charge >= 0.3 is 12.1 Å². The normalized spacial score (nSPS) is 19.6. The molecule has 2 fully saturated rings. The Labute approximate surface area is 179 Å². The van der Waals surface area contributed by atoms with E-state index in [1.54, 1.807) is 16.9 Å². The Morgan fingerprint density at radius 2 is 1.80 bits per heavy atom. The highest BCUT2D eigenvalue weighted by Crippen LogP contribution is 2.26. The van der Waals surface area contributed by atoms with E-state index in [4.69, 9.17) is 9.47 Å². The summed E-state index contributed by atoms with van der Waals surface area (Å²) in [5, 5.41) is 3.07. The van der Waals surface area contributed by atoms with Gasteiger partial charge in [-0.2, -0.15) is 0 Å². The first-order valence-electron chi connectivity index (χ1n) is 10.6. The van der Waals surface area contributed by atoms with E-state index in [9.17, 15) is 9.59 Å². The van der Waals surface area contributed by atoms with Crippen molar-refractivity contribution < 1.29 is 19.1 Å². The number of hydrogen-bond acceptors (Lipinski definition) is 5. The Balaban J connectivity index is 1.40. The Morgan fingerprint density at radius 1 is 1.10 bits per heavy atom. The average molecular weight is 419 g/mol. The van der Waals surface area contributed by atoms with Crippen LogP contribution >= 0.6 is 0 Å². The number of nitrogens with zero attached hydrogens (tertiary/aromatic N) is 3. The zero-order chi connectivity index (χ0) is 21.7. The highest BCUT2D eigenvalue weighted by atomic mass is 16.6. The molecule has 3 amide bonds. The second kappa shape index (κ2) is 9.45. The summed E-state index contributed by atoms with van der Waals surface area (Å²) in [5.41, 5.74) is 0.646. The van der Waals surface area contributed by atoms with Crippen molar-refractivity contribution in [2.24, 2.45) is 5.92 Å². The smallest absolute Gasteiger partial charge is 0.410 e. The van der Waals surface area contributed by atoms with Crippen LogP contribution in [0.4, 0.5) is 15.3 Å². The Kier molecular flexibility index (Phi) is 6.95. The van der Waals surface area contributed by atoms with Crippen molar-refractivity contribution >= 4 is 17.8 Å². The zero-order valence-electron chi connectivity index (χ0n) is 18.5. The van der Waals surface area contributed by atoms with Crippen LogP contribution in [0, 0.1) is 5.92 Å². The number of methoxy groups -OCH3 is 1. The van der Waals surface area contributed by atoms with Gasteiger partial charge in [0.25, 0.3) is 0 Å². The molecule has 2 aliphatic heterocycles. The van der Waals surface area contributed by atoms with Gasteiger partial charge in [-0.3, -0.25) is 0 Å². The number of piperazine rings is 1. The van der Waals surface area contributed by atoms with Gasteiger partial charge in [-0.05, 0) is 45.2 Å². The first-order chi connectivity index (χ1) is 14.2. The molecule has 0 aromatic heterocycles. The number of nitrogens with one attached hydrogen (secondary N) is 1. The third-order valence-electron chi connectivity index (χ3n) is 5.46. The molecule has 0 saturated carbocycles. The van der Waals surface area contributed by atoms with Gasteiger partial charge in [-0.1, -0.05) is 6.07 Å². The van der Waals surface area contributed by atoms with E-state index < -0.39 is 5.60 Å². The van der Waals surface area contributed by atoms with Crippen molar-refractivity contribution in [3.63, 3.8) is 0 Å². The molecule has 2 saturated heterocycles. The highest BCUT2D eigenvalue weighted by Gasteiger charge is 2.28. The fourth-order valence-electron chi connectivity index (χ4n) is 3.80. The lowest BCUT2D eigenvalue weighted by Gasteiger charge is -2.35. The lowest BCUT2D eigenvalue weighted by molar-refractivity contribution is 0.0170. The van der Waals surface area contributed by atoms with E-state index in [1.807, 2.05) is 39.0 Å². The predicted molar refractivity (Wildman–Crippen MR) is 116 cm³/mol.